The van der Waals surface area contributed by atoms with Crippen molar-refractivity contribution in [2.24, 2.45) is 0 Å². The Bertz CT molecular complexity index is 485. The van der Waals surface area contributed by atoms with Crippen molar-refractivity contribution < 1.29 is 14.6 Å². The van der Waals surface area contributed by atoms with Crippen LogP contribution in [-0.4, -0.2) is 34.8 Å². The Balaban J connectivity index is 2.06. The van der Waals surface area contributed by atoms with Crippen molar-refractivity contribution in [3.63, 3.8) is 0 Å². The second kappa shape index (κ2) is 6.10. The molecular formula is C14H22N2O3S. The predicted molar refractivity (Wildman–Crippen MR) is 79.6 cm³/mol. The molecule has 1 aromatic rings. The number of aromatic nitrogens is 1. The maximum absolute atomic E-state index is 11.3. The van der Waals surface area contributed by atoms with Crippen LogP contribution in [0, 0.1) is 0 Å². The van der Waals surface area contributed by atoms with Gasteiger partial charge in [-0.25, -0.2) is 4.98 Å². The van der Waals surface area contributed by atoms with Crippen LogP contribution in [0.4, 0.5) is 5.13 Å². The third-order valence-electron chi connectivity index (χ3n) is 3.45. The van der Waals surface area contributed by atoms with Crippen LogP contribution in [0.15, 0.2) is 0 Å². The number of nitrogens with one attached hydrogen (secondary N) is 1. The number of ether oxygens (including phenoxy) is 1. The van der Waals surface area contributed by atoms with E-state index >= 15 is 0 Å². The number of rotatable bonds is 6. The van der Waals surface area contributed by atoms with Crippen LogP contribution in [0.5, 0.6) is 0 Å². The van der Waals surface area contributed by atoms with Gasteiger partial charge in [0, 0.05) is 18.0 Å². The van der Waals surface area contributed by atoms with E-state index in [2.05, 4.69) is 10.3 Å². The average molecular weight is 298 g/mol. The van der Waals surface area contributed by atoms with Gasteiger partial charge in [-0.1, -0.05) is 0 Å². The van der Waals surface area contributed by atoms with Gasteiger partial charge in [0.2, 0.25) is 0 Å². The van der Waals surface area contributed by atoms with Crippen LogP contribution in [0.2, 0.25) is 0 Å². The number of carboxylic acids is 1. The van der Waals surface area contributed by atoms with E-state index in [1.807, 2.05) is 20.8 Å². The van der Waals surface area contributed by atoms with Crippen LogP contribution in [-0.2, 0) is 16.0 Å². The zero-order chi connectivity index (χ0) is 14.8. The van der Waals surface area contributed by atoms with E-state index in [-0.39, 0.29) is 5.60 Å². The molecule has 1 unspecified atom stereocenters. The lowest BCUT2D eigenvalue weighted by molar-refractivity contribution is -0.139. The van der Waals surface area contributed by atoms with Crippen molar-refractivity contribution >= 4 is 22.4 Å². The highest BCUT2D eigenvalue weighted by Crippen LogP contribution is 2.36. The quantitative estimate of drug-likeness (QED) is 0.845. The molecule has 5 nitrogen and oxygen atoms in total. The Morgan fingerprint density at radius 1 is 1.60 bits per heavy atom. The molecule has 0 amide bonds. The first-order valence-electron chi connectivity index (χ1n) is 7.03. The third-order valence-corrected chi connectivity index (χ3v) is 4.54. The highest BCUT2D eigenvalue weighted by atomic mass is 32.1. The molecule has 0 fully saturated rings. The lowest BCUT2D eigenvalue weighted by atomic mass is 9.91. The Morgan fingerprint density at radius 2 is 2.35 bits per heavy atom. The van der Waals surface area contributed by atoms with E-state index < -0.39 is 11.9 Å². The van der Waals surface area contributed by atoms with E-state index in [0.717, 1.165) is 28.5 Å². The molecule has 112 valence electrons. The maximum atomic E-state index is 11.3. The molecule has 2 rings (SSSR count). The molecule has 1 aliphatic carbocycles. The van der Waals surface area contributed by atoms with Crippen molar-refractivity contribution in [3.8, 4) is 0 Å². The maximum Gasteiger partial charge on any atom is 0.312 e. The van der Waals surface area contributed by atoms with Crippen LogP contribution in [0.3, 0.4) is 0 Å². The van der Waals surface area contributed by atoms with Gasteiger partial charge in [0.1, 0.15) is 5.92 Å². The summed E-state index contributed by atoms with van der Waals surface area (Å²) in [6.07, 6.45) is 2.55. The summed E-state index contributed by atoms with van der Waals surface area (Å²) in [4.78, 5) is 16.9. The van der Waals surface area contributed by atoms with Gasteiger partial charge in [0.05, 0.1) is 11.3 Å². The molecule has 1 aliphatic rings. The molecule has 0 spiro atoms. The average Bonchev–Trinajstić information content (AvgIpc) is 2.78. The monoisotopic (exact) mass is 298 g/mol. The molecule has 0 aromatic carbocycles. The number of hydrogen-bond acceptors (Lipinski definition) is 5. The zero-order valence-electron chi connectivity index (χ0n) is 12.2. The molecule has 1 aromatic heterocycles. The van der Waals surface area contributed by atoms with Crippen molar-refractivity contribution in [2.75, 3.05) is 18.5 Å². The fourth-order valence-corrected chi connectivity index (χ4v) is 3.53. The predicted octanol–water partition coefficient (Wildman–Crippen LogP) is 2.87. The first-order valence-corrected chi connectivity index (χ1v) is 7.85. The van der Waals surface area contributed by atoms with E-state index in [0.29, 0.717) is 19.6 Å². The second-order valence-corrected chi connectivity index (χ2v) is 6.74. The van der Waals surface area contributed by atoms with Gasteiger partial charge in [0.15, 0.2) is 5.13 Å². The van der Waals surface area contributed by atoms with E-state index in [1.54, 1.807) is 11.3 Å². The number of aryl methyl sites for hydroxylation is 1. The highest BCUT2D eigenvalue weighted by Gasteiger charge is 2.30. The minimum Gasteiger partial charge on any atom is -0.481 e. The molecule has 0 saturated carbocycles. The summed E-state index contributed by atoms with van der Waals surface area (Å²) in [6.45, 7) is 7.35. The number of carbonyl (C=O) groups is 1. The Labute approximate surface area is 123 Å². The molecule has 0 saturated heterocycles. The molecule has 6 heteroatoms. The van der Waals surface area contributed by atoms with Crippen molar-refractivity contribution in [3.05, 3.63) is 10.6 Å². The Morgan fingerprint density at radius 3 is 3.00 bits per heavy atom. The van der Waals surface area contributed by atoms with Crippen molar-refractivity contribution in [1.29, 1.82) is 0 Å². The number of carboxylic acid groups (broad SMARTS) is 1. The summed E-state index contributed by atoms with van der Waals surface area (Å²) >= 11 is 1.57. The normalized spacial score (nSPS) is 18.6. The smallest absolute Gasteiger partial charge is 0.312 e. The summed E-state index contributed by atoms with van der Waals surface area (Å²) in [7, 11) is 0. The molecule has 20 heavy (non-hydrogen) atoms. The van der Waals surface area contributed by atoms with E-state index in [9.17, 15) is 9.90 Å². The van der Waals surface area contributed by atoms with Crippen LogP contribution in [0.25, 0.3) is 0 Å². The van der Waals surface area contributed by atoms with Crippen molar-refractivity contribution in [2.45, 2.75) is 51.6 Å². The molecule has 0 aliphatic heterocycles. The fourth-order valence-electron chi connectivity index (χ4n) is 2.46. The van der Waals surface area contributed by atoms with Crippen molar-refractivity contribution in [1.82, 2.24) is 4.98 Å². The number of nitrogens with zero attached hydrogens (tertiary/aromatic N) is 1. The van der Waals surface area contributed by atoms with Crippen LogP contribution >= 0.6 is 11.3 Å². The van der Waals surface area contributed by atoms with E-state index in [1.165, 1.54) is 0 Å². The van der Waals surface area contributed by atoms with Gasteiger partial charge in [-0.15, -0.1) is 11.3 Å². The van der Waals surface area contributed by atoms with Crippen LogP contribution < -0.4 is 5.32 Å². The number of aliphatic carboxylic acids is 1. The summed E-state index contributed by atoms with van der Waals surface area (Å²) < 4.78 is 5.63. The Hall–Kier alpha value is -1.14. The van der Waals surface area contributed by atoms with Gasteiger partial charge >= 0.3 is 5.97 Å². The number of thiazole rings is 1. The third kappa shape index (κ3) is 3.49. The number of fused-ring (bicyclic) bond motifs is 1. The van der Waals surface area contributed by atoms with Gasteiger partial charge in [-0.05, 0) is 40.0 Å². The number of anilines is 1. The summed E-state index contributed by atoms with van der Waals surface area (Å²) in [5.74, 6) is -1.21. The summed E-state index contributed by atoms with van der Waals surface area (Å²) in [5, 5.41) is 13.3. The van der Waals surface area contributed by atoms with Gasteiger partial charge < -0.3 is 15.2 Å². The zero-order valence-corrected chi connectivity index (χ0v) is 13.0. The highest BCUT2D eigenvalue weighted by molar-refractivity contribution is 7.15. The number of hydrogen-bond donors (Lipinski definition) is 2. The minimum atomic E-state index is -0.766. The molecule has 1 atom stereocenters. The summed E-state index contributed by atoms with van der Waals surface area (Å²) in [5.41, 5.74) is 0.498. The van der Waals surface area contributed by atoms with Gasteiger partial charge in [-0.2, -0.15) is 0 Å². The molecule has 1 heterocycles. The van der Waals surface area contributed by atoms with Crippen LogP contribution in [0.1, 0.15) is 50.1 Å². The summed E-state index contributed by atoms with van der Waals surface area (Å²) in [6, 6.07) is 0. The second-order valence-electron chi connectivity index (χ2n) is 5.66. The Kier molecular flexibility index (Phi) is 4.65. The lowest BCUT2D eigenvalue weighted by Crippen LogP contribution is -2.33. The molecule has 2 N–H and O–H groups in total. The molecule has 0 radical (unpaired) electrons. The molecule has 0 bridgehead atoms. The molecular weight excluding hydrogens is 276 g/mol. The first-order chi connectivity index (χ1) is 9.43. The topological polar surface area (TPSA) is 71.5 Å². The largest absolute Gasteiger partial charge is 0.481 e. The standard InChI is InChI=1S/C14H22N2O3S/c1-4-19-14(2,3)8-15-13-16-11-9(12(17)18)6-5-7-10(11)20-13/h9H,4-8H2,1-3H3,(H,15,16)(H,17,18). The van der Waals surface area contributed by atoms with Gasteiger partial charge in [0.25, 0.3) is 0 Å². The van der Waals surface area contributed by atoms with E-state index in [4.69, 9.17) is 4.74 Å². The minimum absolute atomic E-state index is 0.257. The van der Waals surface area contributed by atoms with Gasteiger partial charge in [-0.3, -0.25) is 4.79 Å². The SMILES string of the molecule is CCOC(C)(C)CNc1nc2c(s1)CCCC2C(=O)O. The lowest BCUT2D eigenvalue weighted by Gasteiger charge is -2.24. The fraction of sp³-hybridized carbons (Fsp3) is 0.714. The first kappa shape index (κ1) is 15.3.